The highest BCUT2D eigenvalue weighted by atomic mass is 16.5. The van der Waals surface area contributed by atoms with E-state index in [4.69, 9.17) is 10.5 Å². The Hall–Kier alpha value is -1.80. The van der Waals surface area contributed by atoms with Crippen molar-refractivity contribution in [3.05, 3.63) is 11.3 Å². The quantitative estimate of drug-likeness (QED) is 0.806. The van der Waals surface area contributed by atoms with Crippen LogP contribution in [0.1, 0.15) is 51.8 Å². The Morgan fingerprint density at radius 1 is 1.25 bits per heavy atom. The molecule has 0 unspecified atom stereocenters. The van der Waals surface area contributed by atoms with Crippen molar-refractivity contribution in [3.8, 4) is 0 Å². The molecule has 0 aliphatic carbocycles. The summed E-state index contributed by atoms with van der Waals surface area (Å²) < 4.78 is 5.50. The zero-order valence-electron chi connectivity index (χ0n) is 17.6. The van der Waals surface area contributed by atoms with Crippen LogP contribution in [0, 0.1) is 5.92 Å². The SMILES string of the molecule is C[C@H]1CN(C(=O)N2Cc3c(N)n[nH]c3C2(C)C)[C@@H](C)CN1CC1CCOCC1. The third-order valence-electron chi connectivity index (χ3n) is 6.93. The number of nitrogens with two attached hydrogens (primary N) is 1. The number of ether oxygens (including phenoxy) is 1. The van der Waals surface area contributed by atoms with Crippen molar-refractivity contribution in [1.82, 2.24) is 24.9 Å². The average Bonchev–Trinajstić information content (AvgIpc) is 3.16. The number of nitrogen functional groups attached to an aromatic ring is 1. The number of carbonyl (C=O) groups excluding carboxylic acids is 1. The number of aromatic nitrogens is 2. The van der Waals surface area contributed by atoms with Gasteiger partial charge in [0, 0.05) is 50.5 Å². The van der Waals surface area contributed by atoms with E-state index < -0.39 is 5.54 Å². The lowest BCUT2D eigenvalue weighted by atomic mass is 9.97. The number of amides is 2. The minimum Gasteiger partial charge on any atom is -0.382 e. The van der Waals surface area contributed by atoms with Gasteiger partial charge in [-0.25, -0.2) is 4.79 Å². The van der Waals surface area contributed by atoms with Gasteiger partial charge in [0.2, 0.25) is 0 Å². The lowest BCUT2D eigenvalue weighted by molar-refractivity contribution is 0.00882. The maximum absolute atomic E-state index is 13.5. The molecule has 0 spiro atoms. The number of urea groups is 1. The van der Waals surface area contributed by atoms with Crippen molar-refractivity contribution < 1.29 is 9.53 Å². The third-order valence-corrected chi connectivity index (χ3v) is 6.93. The first kappa shape index (κ1) is 19.5. The molecular formula is C20H34N6O2. The number of carbonyl (C=O) groups is 1. The molecule has 4 rings (SSSR count). The lowest BCUT2D eigenvalue weighted by Crippen LogP contribution is -2.62. The second kappa shape index (κ2) is 7.22. The third kappa shape index (κ3) is 3.26. The molecule has 2 fully saturated rings. The molecule has 8 heteroatoms. The highest BCUT2D eigenvalue weighted by Gasteiger charge is 2.46. The molecule has 4 heterocycles. The molecular weight excluding hydrogens is 356 g/mol. The molecule has 1 aromatic rings. The van der Waals surface area contributed by atoms with Gasteiger partial charge in [0.15, 0.2) is 5.82 Å². The maximum Gasteiger partial charge on any atom is 0.321 e. The zero-order chi connectivity index (χ0) is 20.1. The van der Waals surface area contributed by atoms with Gasteiger partial charge in [-0.2, -0.15) is 5.10 Å². The van der Waals surface area contributed by atoms with Gasteiger partial charge in [-0.1, -0.05) is 0 Å². The van der Waals surface area contributed by atoms with Crippen molar-refractivity contribution in [1.29, 1.82) is 0 Å². The summed E-state index contributed by atoms with van der Waals surface area (Å²) in [6.45, 7) is 13.6. The number of hydrogen-bond acceptors (Lipinski definition) is 5. The summed E-state index contributed by atoms with van der Waals surface area (Å²) in [5, 5.41) is 7.15. The van der Waals surface area contributed by atoms with Crippen molar-refractivity contribution in [3.63, 3.8) is 0 Å². The molecule has 0 bridgehead atoms. The first-order chi connectivity index (χ1) is 13.3. The monoisotopic (exact) mass is 390 g/mol. The molecule has 0 radical (unpaired) electrons. The summed E-state index contributed by atoms with van der Waals surface area (Å²) >= 11 is 0. The number of rotatable bonds is 2. The lowest BCUT2D eigenvalue weighted by Gasteiger charge is -2.47. The Labute approximate surface area is 167 Å². The molecule has 28 heavy (non-hydrogen) atoms. The van der Waals surface area contributed by atoms with Crippen LogP contribution in [-0.2, 0) is 16.8 Å². The van der Waals surface area contributed by atoms with Gasteiger partial charge in [0.1, 0.15) is 0 Å². The van der Waals surface area contributed by atoms with Crippen LogP contribution < -0.4 is 5.73 Å². The smallest absolute Gasteiger partial charge is 0.321 e. The standard InChI is InChI=1S/C20H34N6O2/c1-13-10-25(14(2)9-24(13)11-15-5-7-28-8-6-15)19(27)26-12-16-17(20(26,3)4)22-23-18(16)21/h13-15H,5-12H2,1-4H3,(H3,21,22,23)/t13-,14-/m0/s1. The summed E-state index contributed by atoms with van der Waals surface area (Å²) in [7, 11) is 0. The zero-order valence-corrected chi connectivity index (χ0v) is 17.6. The summed E-state index contributed by atoms with van der Waals surface area (Å²) in [4.78, 5) is 20.0. The molecule has 3 N–H and O–H groups in total. The van der Waals surface area contributed by atoms with Crippen molar-refractivity contribution in [2.45, 2.75) is 64.7 Å². The van der Waals surface area contributed by atoms with Crippen LogP contribution in [0.5, 0.6) is 0 Å². The fourth-order valence-corrected chi connectivity index (χ4v) is 4.98. The number of H-pyrrole nitrogens is 1. The predicted molar refractivity (Wildman–Crippen MR) is 108 cm³/mol. The number of aromatic amines is 1. The number of nitrogens with zero attached hydrogens (tertiary/aromatic N) is 4. The summed E-state index contributed by atoms with van der Waals surface area (Å²) in [5.74, 6) is 1.21. The van der Waals surface area contributed by atoms with Gasteiger partial charge < -0.3 is 20.3 Å². The Bertz CT molecular complexity index is 726. The van der Waals surface area contributed by atoms with Gasteiger partial charge in [-0.3, -0.25) is 10.00 Å². The molecule has 2 atom stereocenters. The second-order valence-electron chi connectivity index (χ2n) is 9.25. The minimum atomic E-state index is -0.431. The topological polar surface area (TPSA) is 90.7 Å². The molecule has 3 aliphatic rings. The Balaban J connectivity index is 1.43. The molecule has 8 nitrogen and oxygen atoms in total. The van der Waals surface area contributed by atoms with Gasteiger partial charge in [0.25, 0.3) is 0 Å². The number of fused-ring (bicyclic) bond motifs is 1. The van der Waals surface area contributed by atoms with Gasteiger partial charge in [-0.05, 0) is 46.5 Å². The molecule has 3 aliphatic heterocycles. The molecule has 0 aromatic carbocycles. The van der Waals surface area contributed by atoms with Crippen LogP contribution in [0.2, 0.25) is 0 Å². The van der Waals surface area contributed by atoms with E-state index >= 15 is 0 Å². The van der Waals surface area contributed by atoms with Gasteiger partial charge in [-0.15, -0.1) is 0 Å². The number of hydrogen-bond donors (Lipinski definition) is 2. The fourth-order valence-electron chi connectivity index (χ4n) is 4.98. The molecule has 0 saturated carbocycles. The van der Waals surface area contributed by atoms with Crippen LogP contribution in [0.15, 0.2) is 0 Å². The largest absolute Gasteiger partial charge is 0.382 e. The first-order valence-electron chi connectivity index (χ1n) is 10.5. The minimum absolute atomic E-state index is 0.0964. The summed E-state index contributed by atoms with van der Waals surface area (Å²) in [6, 6.07) is 0.645. The van der Waals surface area contributed by atoms with E-state index in [9.17, 15) is 4.79 Å². The number of anilines is 1. The van der Waals surface area contributed by atoms with E-state index in [1.165, 1.54) is 0 Å². The summed E-state index contributed by atoms with van der Waals surface area (Å²) in [5.41, 5.74) is 7.48. The Morgan fingerprint density at radius 2 is 1.96 bits per heavy atom. The van der Waals surface area contributed by atoms with Crippen LogP contribution >= 0.6 is 0 Å². The van der Waals surface area contributed by atoms with E-state index in [2.05, 4.69) is 42.8 Å². The van der Waals surface area contributed by atoms with Crippen molar-refractivity contribution in [2.24, 2.45) is 5.92 Å². The highest BCUT2D eigenvalue weighted by Crippen LogP contribution is 2.40. The fraction of sp³-hybridized carbons (Fsp3) is 0.800. The van der Waals surface area contributed by atoms with Crippen molar-refractivity contribution >= 4 is 11.8 Å². The summed E-state index contributed by atoms with van der Waals surface area (Å²) in [6.07, 6.45) is 2.30. The molecule has 2 saturated heterocycles. The van der Waals surface area contributed by atoms with E-state index in [0.717, 1.165) is 56.9 Å². The average molecular weight is 391 g/mol. The molecule has 1 aromatic heterocycles. The van der Waals surface area contributed by atoms with E-state index in [1.807, 2.05) is 9.80 Å². The second-order valence-corrected chi connectivity index (χ2v) is 9.25. The van der Waals surface area contributed by atoms with Crippen LogP contribution in [0.3, 0.4) is 0 Å². The van der Waals surface area contributed by atoms with E-state index in [-0.39, 0.29) is 12.1 Å². The normalized spacial score (nSPS) is 28.6. The Kier molecular flexibility index (Phi) is 5.03. The van der Waals surface area contributed by atoms with Gasteiger partial charge in [0.05, 0.1) is 17.8 Å². The van der Waals surface area contributed by atoms with E-state index in [0.29, 0.717) is 24.3 Å². The number of nitrogens with one attached hydrogen (secondary N) is 1. The highest BCUT2D eigenvalue weighted by molar-refractivity contribution is 5.77. The van der Waals surface area contributed by atoms with Crippen molar-refractivity contribution in [2.75, 3.05) is 38.6 Å². The van der Waals surface area contributed by atoms with Crippen LogP contribution in [0.25, 0.3) is 0 Å². The first-order valence-corrected chi connectivity index (χ1v) is 10.5. The van der Waals surface area contributed by atoms with Crippen LogP contribution in [0.4, 0.5) is 10.6 Å². The molecule has 156 valence electrons. The van der Waals surface area contributed by atoms with E-state index in [1.54, 1.807) is 0 Å². The van der Waals surface area contributed by atoms with Crippen LogP contribution in [-0.4, -0.2) is 75.9 Å². The predicted octanol–water partition coefficient (Wildman–Crippen LogP) is 1.98. The number of piperazine rings is 1. The maximum atomic E-state index is 13.5. The van der Waals surface area contributed by atoms with Gasteiger partial charge >= 0.3 is 6.03 Å². The Morgan fingerprint density at radius 3 is 2.64 bits per heavy atom. The molecule has 2 amide bonds.